The Morgan fingerprint density at radius 1 is 1.10 bits per heavy atom. The summed E-state index contributed by atoms with van der Waals surface area (Å²) in [6, 6.07) is 15.3. The van der Waals surface area contributed by atoms with Crippen LogP contribution in [0.1, 0.15) is 35.9 Å². The van der Waals surface area contributed by atoms with Gasteiger partial charge in [-0.05, 0) is 62.9 Å². The number of carbonyl (C=O) groups excluding carboxylic acids is 1. The van der Waals surface area contributed by atoms with Gasteiger partial charge in [-0.25, -0.2) is 4.98 Å². The van der Waals surface area contributed by atoms with Crippen molar-refractivity contribution >= 4 is 28.1 Å². The first kappa shape index (κ1) is 20.4. The molecule has 0 N–H and O–H groups in total. The summed E-state index contributed by atoms with van der Waals surface area (Å²) in [4.78, 5) is 21.4. The monoisotopic (exact) mass is 422 g/mol. The highest BCUT2D eigenvalue weighted by Gasteiger charge is 2.25. The van der Waals surface area contributed by atoms with Crippen molar-refractivity contribution in [3.8, 4) is 11.5 Å². The molecule has 0 bridgehead atoms. The van der Waals surface area contributed by atoms with Crippen LogP contribution in [0.4, 0.5) is 10.8 Å². The third-order valence-corrected chi connectivity index (χ3v) is 6.36. The zero-order valence-electron chi connectivity index (χ0n) is 17.4. The van der Waals surface area contributed by atoms with E-state index < -0.39 is 0 Å². The van der Waals surface area contributed by atoms with Gasteiger partial charge in [0.25, 0.3) is 0 Å². The van der Waals surface area contributed by atoms with Gasteiger partial charge in [-0.2, -0.15) is 0 Å². The summed E-state index contributed by atoms with van der Waals surface area (Å²) in [5, 5.41) is 0.742. The summed E-state index contributed by atoms with van der Waals surface area (Å²) >= 11 is 1.63. The number of aromatic nitrogens is 1. The Bertz CT molecular complexity index is 990. The summed E-state index contributed by atoms with van der Waals surface area (Å²) in [6.45, 7) is 2.51. The molecule has 0 saturated heterocycles. The lowest BCUT2D eigenvalue weighted by Gasteiger charge is -2.21. The van der Waals surface area contributed by atoms with Gasteiger partial charge in [-0.15, -0.1) is 11.3 Å². The van der Waals surface area contributed by atoms with Crippen molar-refractivity contribution in [1.82, 2.24) is 4.98 Å². The Hall–Kier alpha value is -2.86. The maximum atomic E-state index is 13.5. The molecule has 1 aliphatic carbocycles. The number of hydrogen-bond acceptors (Lipinski definition) is 5. The van der Waals surface area contributed by atoms with Gasteiger partial charge < -0.3 is 9.47 Å². The molecule has 156 valence electrons. The van der Waals surface area contributed by atoms with E-state index in [1.54, 1.807) is 23.3 Å². The third kappa shape index (κ3) is 4.33. The number of anilines is 2. The van der Waals surface area contributed by atoms with Crippen LogP contribution in [0.25, 0.3) is 0 Å². The van der Waals surface area contributed by atoms with E-state index in [0.29, 0.717) is 6.61 Å². The van der Waals surface area contributed by atoms with Crippen molar-refractivity contribution in [3.05, 3.63) is 64.7 Å². The molecule has 0 spiro atoms. The molecule has 5 nitrogen and oxygen atoms in total. The van der Waals surface area contributed by atoms with Gasteiger partial charge in [0, 0.05) is 10.4 Å². The average molecular weight is 423 g/mol. The zero-order valence-corrected chi connectivity index (χ0v) is 18.2. The Morgan fingerprint density at radius 3 is 2.60 bits per heavy atom. The van der Waals surface area contributed by atoms with E-state index in [9.17, 15) is 4.79 Å². The fourth-order valence-corrected chi connectivity index (χ4v) is 4.90. The quantitative estimate of drug-likeness (QED) is 0.516. The maximum absolute atomic E-state index is 13.5. The lowest BCUT2D eigenvalue weighted by molar-refractivity contribution is -0.117. The molecule has 2 aromatic carbocycles. The number of fused-ring (bicyclic) bond motifs is 1. The number of methoxy groups -OCH3 is 1. The molecule has 0 radical (unpaired) electrons. The lowest BCUT2D eigenvalue weighted by Crippen LogP contribution is -2.27. The molecule has 6 heteroatoms. The summed E-state index contributed by atoms with van der Waals surface area (Å²) < 4.78 is 11.0. The molecule has 1 aromatic heterocycles. The van der Waals surface area contributed by atoms with Crippen LogP contribution in [0.3, 0.4) is 0 Å². The summed E-state index contributed by atoms with van der Waals surface area (Å²) in [7, 11) is 1.64. The largest absolute Gasteiger partial charge is 0.497 e. The van der Waals surface area contributed by atoms with Gasteiger partial charge in [-0.3, -0.25) is 9.69 Å². The summed E-state index contributed by atoms with van der Waals surface area (Å²) in [5.41, 5.74) is 2.81. The second-order valence-corrected chi connectivity index (χ2v) is 8.28. The predicted molar refractivity (Wildman–Crippen MR) is 120 cm³/mol. The number of hydrogen-bond donors (Lipinski definition) is 0. The molecule has 1 heterocycles. The minimum atomic E-state index is -0.0292. The number of rotatable bonds is 7. The van der Waals surface area contributed by atoms with Crippen LogP contribution in [0.5, 0.6) is 11.5 Å². The van der Waals surface area contributed by atoms with Gasteiger partial charge in [0.05, 0.1) is 31.5 Å². The van der Waals surface area contributed by atoms with Crippen molar-refractivity contribution in [3.63, 3.8) is 0 Å². The molecule has 0 atom stereocenters. The van der Waals surface area contributed by atoms with Crippen molar-refractivity contribution in [2.75, 3.05) is 18.6 Å². The van der Waals surface area contributed by atoms with Crippen LogP contribution < -0.4 is 14.4 Å². The highest BCUT2D eigenvalue weighted by Crippen LogP contribution is 2.36. The third-order valence-electron chi connectivity index (χ3n) is 5.22. The number of aryl methyl sites for hydroxylation is 2. The summed E-state index contributed by atoms with van der Waals surface area (Å²) in [6.07, 6.45) is 4.63. The molecule has 4 rings (SSSR count). The summed E-state index contributed by atoms with van der Waals surface area (Å²) in [5.74, 6) is 1.48. The van der Waals surface area contributed by atoms with E-state index in [1.807, 2.05) is 55.5 Å². The molecule has 0 fully saturated rings. The first-order valence-electron chi connectivity index (χ1n) is 10.4. The minimum absolute atomic E-state index is 0.0292. The number of para-hydroxylation sites is 1. The fourth-order valence-electron chi connectivity index (χ4n) is 3.71. The van der Waals surface area contributed by atoms with E-state index in [1.165, 1.54) is 11.3 Å². The van der Waals surface area contributed by atoms with Crippen molar-refractivity contribution in [2.24, 2.45) is 0 Å². The number of nitrogens with zero attached hydrogens (tertiary/aromatic N) is 2. The molecule has 1 aliphatic rings. The van der Waals surface area contributed by atoms with Gasteiger partial charge in [0.2, 0.25) is 5.91 Å². The smallest absolute Gasteiger partial charge is 0.237 e. The van der Waals surface area contributed by atoms with Crippen LogP contribution in [0.2, 0.25) is 0 Å². The minimum Gasteiger partial charge on any atom is -0.497 e. The van der Waals surface area contributed by atoms with Crippen LogP contribution in [0, 0.1) is 0 Å². The average Bonchev–Trinajstić information content (AvgIpc) is 3.19. The molecule has 0 saturated carbocycles. The number of thiazole rings is 1. The number of benzene rings is 2. The van der Waals surface area contributed by atoms with Gasteiger partial charge in [-0.1, -0.05) is 18.2 Å². The second kappa shape index (κ2) is 9.30. The molecular formula is C24H26N2O3S. The Balaban J connectivity index is 1.69. The molecule has 3 aromatic rings. The van der Waals surface area contributed by atoms with E-state index in [-0.39, 0.29) is 12.3 Å². The van der Waals surface area contributed by atoms with E-state index in [2.05, 4.69) is 0 Å². The molecular weight excluding hydrogens is 396 g/mol. The number of ether oxygens (including phenoxy) is 2. The van der Waals surface area contributed by atoms with Crippen LogP contribution in [0.15, 0.2) is 48.5 Å². The van der Waals surface area contributed by atoms with Crippen LogP contribution in [-0.4, -0.2) is 24.6 Å². The van der Waals surface area contributed by atoms with E-state index >= 15 is 0 Å². The molecule has 0 aliphatic heterocycles. The zero-order chi connectivity index (χ0) is 20.9. The molecule has 30 heavy (non-hydrogen) atoms. The first-order chi connectivity index (χ1) is 14.7. The molecule has 0 unspecified atom stereocenters. The normalized spacial score (nSPS) is 12.9. The topological polar surface area (TPSA) is 51.7 Å². The van der Waals surface area contributed by atoms with Crippen LogP contribution >= 0.6 is 11.3 Å². The highest BCUT2D eigenvalue weighted by molar-refractivity contribution is 7.16. The Labute approximate surface area is 181 Å². The standard InChI is InChI=1S/C24H26N2O3S/c1-3-29-21-10-6-4-8-17(21)16-23(27)26(18-12-14-19(28-2)15-13-18)24-25-20-9-5-7-11-22(20)30-24/h4,6,8,10,12-15H,3,5,7,9,11,16H2,1-2H3. The molecule has 1 amide bonds. The van der Waals surface area contributed by atoms with Gasteiger partial charge in [0.1, 0.15) is 11.5 Å². The lowest BCUT2D eigenvalue weighted by atomic mass is 10.0. The van der Waals surface area contributed by atoms with Crippen molar-refractivity contribution in [2.45, 2.75) is 39.0 Å². The Morgan fingerprint density at radius 2 is 1.87 bits per heavy atom. The van der Waals surface area contributed by atoms with E-state index in [4.69, 9.17) is 14.5 Å². The van der Waals surface area contributed by atoms with Gasteiger partial charge in [0.15, 0.2) is 5.13 Å². The van der Waals surface area contributed by atoms with Crippen molar-refractivity contribution in [1.29, 1.82) is 0 Å². The number of amides is 1. The first-order valence-corrected chi connectivity index (χ1v) is 11.2. The Kier molecular flexibility index (Phi) is 6.33. The second-order valence-electron chi connectivity index (χ2n) is 7.22. The van der Waals surface area contributed by atoms with Crippen molar-refractivity contribution < 1.29 is 14.3 Å². The fraction of sp³-hybridized carbons (Fsp3) is 0.333. The highest BCUT2D eigenvalue weighted by atomic mass is 32.1. The van der Waals surface area contributed by atoms with E-state index in [0.717, 1.165) is 52.8 Å². The van der Waals surface area contributed by atoms with Crippen LogP contribution in [-0.2, 0) is 24.1 Å². The number of carbonyl (C=O) groups is 1. The SMILES string of the molecule is CCOc1ccccc1CC(=O)N(c1ccc(OC)cc1)c1nc2c(s1)CCCC2. The maximum Gasteiger partial charge on any atom is 0.237 e. The predicted octanol–water partition coefficient (Wildman–Crippen LogP) is 5.34. The van der Waals surface area contributed by atoms with Gasteiger partial charge >= 0.3 is 0 Å².